The summed E-state index contributed by atoms with van der Waals surface area (Å²) in [5.74, 6) is 0.0651. The molecule has 2 aromatic rings. The Morgan fingerprint density at radius 2 is 1.88 bits per heavy atom. The molecule has 0 bridgehead atoms. The summed E-state index contributed by atoms with van der Waals surface area (Å²) in [5, 5.41) is 7.72. The van der Waals surface area contributed by atoms with Crippen LogP contribution in [0.4, 0.5) is 4.39 Å². The number of aromatic amines is 1. The Kier molecular flexibility index (Phi) is 2.66. The SMILES string of the molecule is CC(C)c1ncc2c(C(C)C)[nH]nc2c1F. The molecule has 0 aliphatic carbocycles. The second kappa shape index (κ2) is 3.85. The fourth-order valence-electron chi connectivity index (χ4n) is 1.82. The Bertz CT molecular complexity index is 514. The van der Waals surface area contributed by atoms with E-state index in [0.717, 1.165) is 11.1 Å². The van der Waals surface area contributed by atoms with E-state index >= 15 is 0 Å². The lowest BCUT2D eigenvalue weighted by atomic mass is 10.0. The van der Waals surface area contributed by atoms with Crippen LogP contribution in [0.15, 0.2) is 6.20 Å². The summed E-state index contributed by atoms with van der Waals surface area (Å²) >= 11 is 0. The number of nitrogens with one attached hydrogen (secondary N) is 1. The number of halogens is 1. The molecule has 0 atom stereocenters. The fourth-order valence-corrected chi connectivity index (χ4v) is 1.82. The van der Waals surface area contributed by atoms with Crippen LogP contribution < -0.4 is 0 Å². The van der Waals surface area contributed by atoms with Gasteiger partial charge in [0.15, 0.2) is 5.82 Å². The number of fused-ring (bicyclic) bond motifs is 1. The third-order valence-electron chi connectivity index (χ3n) is 2.72. The Labute approximate surface area is 94.1 Å². The van der Waals surface area contributed by atoms with Crippen LogP contribution >= 0.6 is 0 Å². The average Bonchev–Trinajstić information content (AvgIpc) is 2.61. The van der Waals surface area contributed by atoms with E-state index in [2.05, 4.69) is 15.2 Å². The molecular weight excluding hydrogens is 205 g/mol. The van der Waals surface area contributed by atoms with Crippen LogP contribution in [0.1, 0.15) is 50.9 Å². The summed E-state index contributed by atoms with van der Waals surface area (Å²) in [5.41, 5.74) is 1.83. The zero-order valence-corrected chi connectivity index (χ0v) is 10.0. The van der Waals surface area contributed by atoms with E-state index in [9.17, 15) is 4.39 Å². The highest BCUT2D eigenvalue weighted by molar-refractivity contribution is 5.81. The number of H-pyrrole nitrogens is 1. The first-order valence-corrected chi connectivity index (χ1v) is 5.54. The number of pyridine rings is 1. The molecule has 0 spiro atoms. The van der Waals surface area contributed by atoms with Crippen LogP contribution in [0.25, 0.3) is 10.9 Å². The molecule has 0 amide bonds. The molecule has 86 valence electrons. The predicted molar refractivity (Wildman–Crippen MR) is 62.0 cm³/mol. The van der Waals surface area contributed by atoms with Crippen molar-refractivity contribution in [1.82, 2.24) is 15.2 Å². The van der Waals surface area contributed by atoms with Crippen LogP contribution in [0, 0.1) is 5.82 Å². The first-order valence-electron chi connectivity index (χ1n) is 5.54. The van der Waals surface area contributed by atoms with E-state index in [-0.39, 0.29) is 17.7 Å². The first-order chi connectivity index (χ1) is 7.52. The summed E-state index contributed by atoms with van der Waals surface area (Å²) in [7, 11) is 0. The van der Waals surface area contributed by atoms with Crippen molar-refractivity contribution in [2.24, 2.45) is 0 Å². The van der Waals surface area contributed by atoms with Crippen molar-refractivity contribution in [3.8, 4) is 0 Å². The Hall–Kier alpha value is -1.45. The van der Waals surface area contributed by atoms with Crippen molar-refractivity contribution in [1.29, 1.82) is 0 Å². The molecule has 2 aromatic heterocycles. The topological polar surface area (TPSA) is 41.6 Å². The molecule has 0 aliphatic heterocycles. The maximum atomic E-state index is 14.1. The van der Waals surface area contributed by atoms with Crippen LogP contribution in [0.3, 0.4) is 0 Å². The summed E-state index contributed by atoms with van der Waals surface area (Å²) in [6, 6.07) is 0. The molecule has 2 rings (SSSR count). The lowest BCUT2D eigenvalue weighted by molar-refractivity contribution is 0.593. The maximum absolute atomic E-state index is 14.1. The van der Waals surface area contributed by atoms with E-state index in [1.54, 1.807) is 6.20 Å². The molecule has 0 saturated heterocycles. The molecule has 4 heteroatoms. The summed E-state index contributed by atoms with van der Waals surface area (Å²) < 4.78 is 14.1. The van der Waals surface area contributed by atoms with E-state index in [4.69, 9.17) is 0 Å². The minimum absolute atomic E-state index is 0.0728. The third kappa shape index (κ3) is 1.58. The molecule has 1 N–H and O–H groups in total. The van der Waals surface area contributed by atoms with Gasteiger partial charge in [-0.1, -0.05) is 27.7 Å². The molecular formula is C12H16FN3. The fraction of sp³-hybridized carbons (Fsp3) is 0.500. The van der Waals surface area contributed by atoms with Crippen molar-refractivity contribution in [3.05, 3.63) is 23.4 Å². The van der Waals surface area contributed by atoms with Gasteiger partial charge in [0, 0.05) is 17.3 Å². The minimum Gasteiger partial charge on any atom is -0.281 e. The Morgan fingerprint density at radius 3 is 2.44 bits per heavy atom. The van der Waals surface area contributed by atoms with Gasteiger partial charge in [-0.05, 0) is 11.8 Å². The quantitative estimate of drug-likeness (QED) is 0.845. The van der Waals surface area contributed by atoms with Gasteiger partial charge < -0.3 is 0 Å². The standard InChI is InChI=1S/C12H16FN3/c1-6(2)10-8-5-14-11(7(3)4)9(13)12(8)16-15-10/h5-7H,1-4H3,(H,15,16). The monoisotopic (exact) mass is 221 g/mol. The Balaban J connectivity index is 2.69. The summed E-state index contributed by atoms with van der Waals surface area (Å²) in [6.07, 6.45) is 1.71. The Morgan fingerprint density at radius 1 is 1.19 bits per heavy atom. The first kappa shape index (κ1) is 11.0. The second-order valence-corrected chi connectivity index (χ2v) is 4.67. The molecule has 0 aromatic carbocycles. The highest BCUT2D eigenvalue weighted by atomic mass is 19.1. The van der Waals surface area contributed by atoms with Crippen molar-refractivity contribution < 1.29 is 4.39 Å². The van der Waals surface area contributed by atoms with Crippen LogP contribution in [-0.4, -0.2) is 15.2 Å². The molecule has 3 nitrogen and oxygen atoms in total. The smallest absolute Gasteiger partial charge is 0.173 e. The van der Waals surface area contributed by atoms with Crippen LogP contribution in [-0.2, 0) is 0 Å². The third-order valence-corrected chi connectivity index (χ3v) is 2.72. The average molecular weight is 221 g/mol. The summed E-state index contributed by atoms with van der Waals surface area (Å²) in [6.45, 7) is 7.93. The van der Waals surface area contributed by atoms with Gasteiger partial charge in [-0.2, -0.15) is 5.10 Å². The molecule has 0 unspecified atom stereocenters. The zero-order chi connectivity index (χ0) is 11.9. The highest BCUT2D eigenvalue weighted by Gasteiger charge is 2.17. The van der Waals surface area contributed by atoms with Crippen LogP contribution in [0.5, 0.6) is 0 Å². The van der Waals surface area contributed by atoms with Gasteiger partial charge in [-0.25, -0.2) is 4.39 Å². The van der Waals surface area contributed by atoms with E-state index in [0.29, 0.717) is 11.2 Å². The molecule has 16 heavy (non-hydrogen) atoms. The summed E-state index contributed by atoms with van der Waals surface area (Å²) in [4.78, 5) is 4.19. The van der Waals surface area contributed by atoms with Crippen molar-refractivity contribution in [2.75, 3.05) is 0 Å². The maximum Gasteiger partial charge on any atom is 0.173 e. The number of nitrogens with zero attached hydrogens (tertiary/aromatic N) is 2. The van der Waals surface area contributed by atoms with Gasteiger partial charge in [-0.15, -0.1) is 0 Å². The minimum atomic E-state index is -0.296. The molecule has 0 fully saturated rings. The largest absolute Gasteiger partial charge is 0.281 e. The lowest BCUT2D eigenvalue weighted by Gasteiger charge is -2.06. The molecule has 2 heterocycles. The lowest BCUT2D eigenvalue weighted by Crippen LogP contribution is -1.98. The van der Waals surface area contributed by atoms with Gasteiger partial charge >= 0.3 is 0 Å². The van der Waals surface area contributed by atoms with E-state index in [1.807, 2.05) is 27.7 Å². The number of hydrogen-bond acceptors (Lipinski definition) is 2. The number of aromatic nitrogens is 3. The molecule has 0 saturated carbocycles. The van der Waals surface area contributed by atoms with Crippen LogP contribution in [0.2, 0.25) is 0 Å². The van der Waals surface area contributed by atoms with Crippen molar-refractivity contribution in [3.63, 3.8) is 0 Å². The van der Waals surface area contributed by atoms with E-state index in [1.165, 1.54) is 0 Å². The highest BCUT2D eigenvalue weighted by Crippen LogP contribution is 2.27. The van der Waals surface area contributed by atoms with Crippen molar-refractivity contribution >= 4 is 10.9 Å². The predicted octanol–water partition coefficient (Wildman–Crippen LogP) is 3.34. The van der Waals surface area contributed by atoms with Gasteiger partial charge in [-0.3, -0.25) is 10.1 Å². The normalized spacial score (nSPS) is 11.9. The zero-order valence-electron chi connectivity index (χ0n) is 10.0. The van der Waals surface area contributed by atoms with E-state index < -0.39 is 0 Å². The number of hydrogen-bond donors (Lipinski definition) is 1. The molecule has 0 radical (unpaired) electrons. The van der Waals surface area contributed by atoms with Crippen molar-refractivity contribution in [2.45, 2.75) is 39.5 Å². The van der Waals surface area contributed by atoms with Gasteiger partial charge in [0.25, 0.3) is 0 Å². The van der Waals surface area contributed by atoms with Gasteiger partial charge in [0.1, 0.15) is 5.52 Å². The second-order valence-electron chi connectivity index (χ2n) is 4.67. The number of rotatable bonds is 2. The van der Waals surface area contributed by atoms with Gasteiger partial charge in [0.05, 0.1) is 5.69 Å². The van der Waals surface area contributed by atoms with Gasteiger partial charge in [0.2, 0.25) is 0 Å². The molecule has 0 aliphatic rings.